The third-order valence-corrected chi connectivity index (χ3v) is 3.65. The Hall–Kier alpha value is -1.02. The van der Waals surface area contributed by atoms with Crippen molar-refractivity contribution in [3.05, 3.63) is 36.3 Å². The third-order valence-electron chi connectivity index (χ3n) is 3.65. The summed E-state index contributed by atoms with van der Waals surface area (Å²) in [5.41, 5.74) is 1.06. The summed E-state index contributed by atoms with van der Waals surface area (Å²) in [7, 11) is 2.08. The Morgan fingerprint density at radius 2 is 2.35 bits per heavy atom. The minimum atomic E-state index is 0. The van der Waals surface area contributed by atoms with Gasteiger partial charge in [-0.15, -0.1) is 24.0 Å². The molecule has 1 aliphatic rings. The van der Waals surface area contributed by atoms with Crippen LogP contribution in [0.4, 0.5) is 0 Å². The van der Waals surface area contributed by atoms with Crippen LogP contribution in [-0.2, 0) is 11.2 Å². The van der Waals surface area contributed by atoms with Crippen molar-refractivity contribution in [1.82, 2.24) is 10.2 Å². The fraction of sp³-hybridized carbons (Fsp3) is 0.588. The fourth-order valence-corrected chi connectivity index (χ4v) is 2.47. The normalized spacial score (nSPS) is 17.7. The van der Waals surface area contributed by atoms with E-state index < -0.39 is 0 Å². The number of ether oxygens (including phenoxy) is 1. The first-order chi connectivity index (χ1) is 10.6. The summed E-state index contributed by atoms with van der Waals surface area (Å²) in [6, 6.07) is 3.91. The zero-order chi connectivity index (χ0) is 15.8. The van der Waals surface area contributed by atoms with Gasteiger partial charge in [-0.2, -0.15) is 0 Å². The second kappa shape index (κ2) is 10.7. The van der Waals surface area contributed by atoms with Crippen LogP contribution in [0.15, 0.2) is 40.0 Å². The second-order valence-corrected chi connectivity index (χ2v) is 5.96. The summed E-state index contributed by atoms with van der Waals surface area (Å²) < 4.78 is 10.8. The Balaban J connectivity index is 0.00000264. The quantitative estimate of drug-likeness (QED) is 0.311. The van der Waals surface area contributed by atoms with Gasteiger partial charge in [0.05, 0.1) is 19.4 Å². The van der Waals surface area contributed by atoms with Crippen molar-refractivity contribution in [3.63, 3.8) is 0 Å². The van der Waals surface area contributed by atoms with E-state index in [1.54, 1.807) is 6.26 Å². The molecule has 0 aliphatic carbocycles. The van der Waals surface area contributed by atoms with Gasteiger partial charge in [0.1, 0.15) is 5.76 Å². The van der Waals surface area contributed by atoms with E-state index >= 15 is 0 Å². The third kappa shape index (κ3) is 7.39. The van der Waals surface area contributed by atoms with Crippen LogP contribution in [0.1, 0.15) is 19.1 Å². The number of halogens is 1. The number of furan rings is 1. The molecule has 0 saturated carbocycles. The van der Waals surface area contributed by atoms with E-state index in [0.29, 0.717) is 12.5 Å². The van der Waals surface area contributed by atoms with Gasteiger partial charge in [0.2, 0.25) is 0 Å². The fourth-order valence-electron chi connectivity index (χ4n) is 2.47. The first-order valence-corrected chi connectivity index (χ1v) is 7.89. The molecule has 0 amide bonds. The molecule has 1 aliphatic heterocycles. The molecule has 1 aromatic rings. The summed E-state index contributed by atoms with van der Waals surface area (Å²) in [4.78, 5) is 6.83. The molecule has 1 unspecified atom stereocenters. The molecular formula is C17H28IN3O2. The van der Waals surface area contributed by atoms with Crippen LogP contribution < -0.4 is 5.32 Å². The summed E-state index contributed by atoms with van der Waals surface area (Å²) in [5.74, 6) is 2.49. The number of guanidine groups is 1. The molecule has 2 rings (SSSR count). The highest BCUT2D eigenvalue weighted by Gasteiger charge is 2.19. The number of hydrogen-bond acceptors (Lipinski definition) is 3. The Morgan fingerprint density at radius 3 is 2.96 bits per heavy atom. The SMILES string of the molecule is C=C(C)CN=C(NCCc1ccco1)N(C)CC1CCOC1.I. The zero-order valence-corrected chi connectivity index (χ0v) is 16.4. The van der Waals surface area contributed by atoms with Crippen molar-refractivity contribution < 1.29 is 9.15 Å². The van der Waals surface area contributed by atoms with E-state index in [0.717, 1.165) is 56.4 Å². The van der Waals surface area contributed by atoms with Crippen molar-refractivity contribution in [1.29, 1.82) is 0 Å². The van der Waals surface area contributed by atoms with Gasteiger partial charge in [0.25, 0.3) is 0 Å². The highest BCUT2D eigenvalue weighted by Crippen LogP contribution is 2.13. The molecule has 23 heavy (non-hydrogen) atoms. The smallest absolute Gasteiger partial charge is 0.194 e. The van der Waals surface area contributed by atoms with Crippen molar-refractivity contribution >= 4 is 29.9 Å². The summed E-state index contributed by atoms with van der Waals surface area (Å²) in [5, 5.41) is 3.42. The zero-order valence-electron chi connectivity index (χ0n) is 14.1. The van der Waals surface area contributed by atoms with Crippen LogP contribution in [-0.4, -0.2) is 50.8 Å². The Kier molecular flexibility index (Phi) is 9.31. The highest BCUT2D eigenvalue weighted by molar-refractivity contribution is 14.0. The van der Waals surface area contributed by atoms with E-state index in [1.165, 1.54) is 0 Å². The molecule has 1 aromatic heterocycles. The highest BCUT2D eigenvalue weighted by atomic mass is 127. The maximum Gasteiger partial charge on any atom is 0.194 e. The van der Waals surface area contributed by atoms with Crippen molar-refractivity contribution in [2.24, 2.45) is 10.9 Å². The van der Waals surface area contributed by atoms with Gasteiger partial charge < -0.3 is 19.4 Å². The van der Waals surface area contributed by atoms with Crippen LogP contribution in [0, 0.1) is 5.92 Å². The standard InChI is InChI=1S/C17H27N3O2.HI/c1-14(2)11-19-17(18-8-6-16-5-4-9-22-16)20(3)12-15-7-10-21-13-15;/h4-5,9,15H,1,6-8,10-13H2,2-3H3,(H,18,19);1H. The number of nitrogens with zero attached hydrogens (tertiary/aromatic N) is 2. The van der Waals surface area contributed by atoms with E-state index in [4.69, 9.17) is 9.15 Å². The predicted octanol–water partition coefficient (Wildman–Crippen LogP) is 2.93. The molecular weight excluding hydrogens is 405 g/mol. The molecule has 0 aromatic carbocycles. The Bertz CT molecular complexity index is 482. The van der Waals surface area contributed by atoms with E-state index in [1.807, 2.05) is 19.1 Å². The minimum absolute atomic E-state index is 0. The number of rotatable bonds is 7. The maximum absolute atomic E-state index is 5.45. The van der Waals surface area contributed by atoms with Crippen LogP contribution in [0.25, 0.3) is 0 Å². The van der Waals surface area contributed by atoms with Gasteiger partial charge in [-0.25, -0.2) is 4.99 Å². The van der Waals surface area contributed by atoms with Gasteiger partial charge in [0.15, 0.2) is 5.96 Å². The molecule has 1 saturated heterocycles. The molecule has 1 fully saturated rings. The molecule has 6 heteroatoms. The molecule has 0 bridgehead atoms. The summed E-state index contributed by atoms with van der Waals surface area (Å²) in [6.07, 6.45) is 3.68. The minimum Gasteiger partial charge on any atom is -0.469 e. The molecule has 2 heterocycles. The molecule has 1 N–H and O–H groups in total. The molecule has 0 spiro atoms. The molecule has 5 nitrogen and oxygen atoms in total. The van der Waals surface area contributed by atoms with Crippen molar-refractivity contribution in [3.8, 4) is 0 Å². The summed E-state index contributed by atoms with van der Waals surface area (Å²) in [6.45, 7) is 10.1. The lowest BCUT2D eigenvalue weighted by Crippen LogP contribution is -2.42. The maximum atomic E-state index is 5.45. The lowest BCUT2D eigenvalue weighted by atomic mass is 10.1. The number of hydrogen-bond donors (Lipinski definition) is 1. The monoisotopic (exact) mass is 433 g/mol. The van der Waals surface area contributed by atoms with Gasteiger partial charge in [-0.3, -0.25) is 0 Å². The molecule has 0 radical (unpaired) electrons. The largest absolute Gasteiger partial charge is 0.469 e. The van der Waals surface area contributed by atoms with Gasteiger partial charge in [0, 0.05) is 39.1 Å². The van der Waals surface area contributed by atoms with E-state index in [-0.39, 0.29) is 24.0 Å². The predicted molar refractivity (Wildman–Crippen MR) is 105 cm³/mol. The summed E-state index contributed by atoms with van der Waals surface area (Å²) >= 11 is 0. The average molecular weight is 433 g/mol. The van der Waals surface area contributed by atoms with Gasteiger partial charge >= 0.3 is 0 Å². The molecule has 1 atom stereocenters. The lowest BCUT2D eigenvalue weighted by molar-refractivity contribution is 0.181. The average Bonchev–Trinajstić information content (AvgIpc) is 3.15. The van der Waals surface area contributed by atoms with Gasteiger partial charge in [-0.05, 0) is 25.5 Å². The Morgan fingerprint density at radius 1 is 1.52 bits per heavy atom. The second-order valence-electron chi connectivity index (χ2n) is 5.96. The molecule has 130 valence electrons. The van der Waals surface area contributed by atoms with Gasteiger partial charge in [-0.1, -0.05) is 12.2 Å². The van der Waals surface area contributed by atoms with Crippen molar-refractivity contribution in [2.45, 2.75) is 19.8 Å². The topological polar surface area (TPSA) is 50.0 Å². The van der Waals surface area contributed by atoms with Crippen LogP contribution in [0.2, 0.25) is 0 Å². The van der Waals surface area contributed by atoms with Crippen LogP contribution in [0.5, 0.6) is 0 Å². The van der Waals surface area contributed by atoms with Crippen molar-refractivity contribution in [2.75, 3.05) is 39.9 Å². The Labute approximate surface area is 156 Å². The first-order valence-electron chi connectivity index (χ1n) is 7.89. The van der Waals surface area contributed by atoms with E-state index in [9.17, 15) is 0 Å². The lowest BCUT2D eigenvalue weighted by Gasteiger charge is -2.25. The number of nitrogens with one attached hydrogen (secondary N) is 1. The first kappa shape index (κ1) is 20.0. The van der Waals surface area contributed by atoms with E-state index in [2.05, 4.69) is 28.8 Å². The van der Waals surface area contributed by atoms with Crippen LogP contribution >= 0.6 is 24.0 Å². The van der Waals surface area contributed by atoms with Crippen LogP contribution in [0.3, 0.4) is 0 Å². The number of aliphatic imine (C=N–C) groups is 1.